The van der Waals surface area contributed by atoms with Gasteiger partial charge in [-0.05, 0) is 38.5 Å². The van der Waals surface area contributed by atoms with Gasteiger partial charge in [-0.15, -0.1) is 0 Å². The molecule has 0 amide bonds. The maximum Gasteiger partial charge on any atom is 0.309 e. The Bertz CT molecular complexity index is 205. The summed E-state index contributed by atoms with van der Waals surface area (Å²) in [6.07, 6.45) is 7.59. The first-order valence-corrected chi connectivity index (χ1v) is 6.36. The number of carbonyl (C=O) groups excluding carboxylic acids is 1. The SMILES string of the molecule is CCCC1(OC(=O)C(C)CC)CCCC1. The molecule has 0 spiro atoms. The Hall–Kier alpha value is -0.530. The van der Waals surface area contributed by atoms with Gasteiger partial charge in [0.1, 0.15) is 5.60 Å². The van der Waals surface area contributed by atoms with Gasteiger partial charge in [0.25, 0.3) is 0 Å². The highest BCUT2D eigenvalue weighted by atomic mass is 16.6. The topological polar surface area (TPSA) is 26.3 Å². The summed E-state index contributed by atoms with van der Waals surface area (Å²) in [5.74, 6) is 0.0622. The van der Waals surface area contributed by atoms with E-state index in [1.807, 2.05) is 13.8 Å². The highest BCUT2D eigenvalue weighted by Gasteiger charge is 2.37. The Balaban J connectivity index is 2.54. The van der Waals surface area contributed by atoms with Crippen LogP contribution in [0.4, 0.5) is 0 Å². The molecule has 0 radical (unpaired) electrons. The molecule has 0 aromatic rings. The molecule has 1 saturated carbocycles. The van der Waals surface area contributed by atoms with E-state index in [-0.39, 0.29) is 17.5 Å². The summed E-state index contributed by atoms with van der Waals surface area (Å²) < 4.78 is 5.75. The molecule has 1 atom stereocenters. The van der Waals surface area contributed by atoms with E-state index in [1.165, 1.54) is 12.8 Å². The Morgan fingerprint density at radius 2 is 1.93 bits per heavy atom. The van der Waals surface area contributed by atoms with Crippen LogP contribution in [0.5, 0.6) is 0 Å². The number of hydrogen-bond donors (Lipinski definition) is 0. The van der Waals surface area contributed by atoms with E-state index in [0.717, 1.165) is 32.1 Å². The largest absolute Gasteiger partial charge is 0.459 e. The van der Waals surface area contributed by atoms with E-state index >= 15 is 0 Å². The molecule has 0 aromatic heterocycles. The van der Waals surface area contributed by atoms with Crippen LogP contribution >= 0.6 is 0 Å². The van der Waals surface area contributed by atoms with E-state index in [9.17, 15) is 4.79 Å². The average molecular weight is 212 g/mol. The van der Waals surface area contributed by atoms with Crippen molar-refractivity contribution in [2.45, 2.75) is 71.3 Å². The van der Waals surface area contributed by atoms with Crippen molar-refractivity contribution in [3.63, 3.8) is 0 Å². The molecular weight excluding hydrogens is 188 g/mol. The second-order valence-corrected chi connectivity index (χ2v) is 4.87. The molecule has 1 aliphatic carbocycles. The van der Waals surface area contributed by atoms with Crippen molar-refractivity contribution in [2.75, 3.05) is 0 Å². The number of carbonyl (C=O) groups is 1. The lowest BCUT2D eigenvalue weighted by Crippen LogP contribution is -2.33. The average Bonchev–Trinajstić information content (AvgIpc) is 2.65. The van der Waals surface area contributed by atoms with Crippen molar-refractivity contribution in [3.05, 3.63) is 0 Å². The quantitative estimate of drug-likeness (QED) is 0.650. The van der Waals surface area contributed by atoms with Gasteiger partial charge in [-0.2, -0.15) is 0 Å². The zero-order valence-electron chi connectivity index (χ0n) is 10.3. The maximum atomic E-state index is 11.8. The maximum absolute atomic E-state index is 11.8. The van der Waals surface area contributed by atoms with Crippen LogP contribution in [0.15, 0.2) is 0 Å². The van der Waals surface area contributed by atoms with Gasteiger partial charge < -0.3 is 4.74 Å². The van der Waals surface area contributed by atoms with Crippen molar-refractivity contribution in [2.24, 2.45) is 5.92 Å². The minimum atomic E-state index is -0.102. The highest BCUT2D eigenvalue weighted by molar-refractivity contribution is 5.72. The van der Waals surface area contributed by atoms with Gasteiger partial charge in [0.2, 0.25) is 0 Å². The van der Waals surface area contributed by atoms with Crippen molar-refractivity contribution in [1.82, 2.24) is 0 Å². The second kappa shape index (κ2) is 5.53. The van der Waals surface area contributed by atoms with Gasteiger partial charge in [0.15, 0.2) is 0 Å². The molecule has 0 bridgehead atoms. The minimum absolute atomic E-state index is 0.00727. The minimum Gasteiger partial charge on any atom is -0.459 e. The van der Waals surface area contributed by atoms with Crippen molar-refractivity contribution < 1.29 is 9.53 Å². The molecule has 0 aliphatic heterocycles. The summed E-state index contributed by atoms with van der Waals surface area (Å²) >= 11 is 0. The summed E-state index contributed by atoms with van der Waals surface area (Å²) in [5.41, 5.74) is -0.102. The van der Waals surface area contributed by atoms with Gasteiger partial charge in [0.05, 0.1) is 5.92 Å². The van der Waals surface area contributed by atoms with Crippen LogP contribution in [0.25, 0.3) is 0 Å². The van der Waals surface area contributed by atoms with Crippen LogP contribution in [-0.4, -0.2) is 11.6 Å². The normalized spacial score (nSPS) is 21.3. The Labute approximate surface area is 93.4 Å². The summed E-state index contributed by atoms with van der Waals surface area (Å²) in [5, 5.41) is 0. The molecule has 1 unspecified atom stereocenters. The molecule has 0 saturated heterocycles. The zero-order valence-corrected chi connectivity index (χ0v) is 10.3. The molecule has 1 aliphatic rings. The molecule has 88 valence electrons. The Morgan fingerprint density at radius 3 is 2.40 bits per heavy atom. The second-order valence-electron chi connectivity index (χ2n) is 4.87. The molecule has 0 aromatic carbocycles. The van der Waals surface area contributed by atoms with E-state index in [4.69, 9.17) is 4.74 Å². The standard InChI is InChI=1S/C13H24O2/c1-4-8-13(9-6-7-10-13)15-12(14)11(3)5-2/h11H,4-10H2,1-3H3. The van der Waals surface area contributed by atoms with Crippen molar-refractivity contribution >= 4 is 5.97 Å². The number of esters is 1. The molecule has 1 rings (SSSR count). The highest BCUT2D eigenvalue weighted by Crippen LogP contribution is 2.37. The Kier molecular flexibility index (Phi) is 4.62. The fraction of sp³-hybridized carbons (Fsp3) is 0.923. The molecule has 0 N–H and O–H groups in total. The van der Waals surface area contributed by atoms with E-state index in [0.29, 0.717) is 0 Å². The number of ether oxygens (including phenoxy) is 1. The van der Waals surface area contributed by atoms with Crippen LogP contribution in [0, 0.1) is 5.92 Å². The first-order valence-electron chi connectivity index (χ1n) is 6.36. The third-order valence-corrected chi connectivity index (χ3v) is 3.55. The lowest BCUT2D eigenvalue weighted by Gasteiger charge is -2.30. The van der Waals surface area contributed by atoms with Gasteiger partial charge in [0, 0.05) is 0 Å². The molecule has 15 heavy (non-hydrogen) atoms. The van der Waals surface area contributed by atoms with Crippen LogP contribution in [-0.2, 0) is 9.53 Å². The first-order chi connectivity index (χ1) is 7.13. The van der Waals surface area contributed by atoms with Crippen LogP contribution in [0.1, 0.15) is 65.7 Å². The molecular formula is C13H24O2. The predicted octanol–water partition coefficient (Wildman–Crippen LogP) is 3.69. The van der Waals surface area contributed by atoms with E-state index < -0.39 is 0 Å². The van der Waals surface area contributed by atoms with Crippen molar-refractivity contribution in [3.8, 4) is 0 Å². The molecule has 2 nitrogen and oxygen atoms in total. The Morgan fingerprint density at radius 1 is 1.33 bits per heavy atom. The van der Waals surface area contributed by atoms with Crippen LogP contribution < -0.4 is 0 Å². The fourth-order valence-corrected chi connectivity index (χ4v) is 2.36. The van der Waals surface area contributed by atoms with E-state index in [1.54, 1.807) is 0 Å². The molecule has 0 heterocycles. The number of hydrogen-bond acceptors (Lipinski definition) is 2. The lowest BCUT2D eigenvalue weighted by molar-refractivity contribution is -0.164. The van der Waals surface area contributed by atoms with Crippen molar-refractivity contribution in [1.29, 1.82) is 0 Å². The summed E-state index contributed by atoms with van der Waals surface area (Å²) in [4.78, 5) is 11.8. The third kappa shape index (κ3) is 3.22. The summed E-state index contributed by atoms with van der Waals surface area (Å²) in [7, 11) is 0. The van der Waals surface area contributed by atoms with Gasteiger partial charge in [-0.1, -0.05) is 27.2 Å². The fourth-order valence-electron chi connectivity index (χ4n) is 2.36. The summed E-state index contributed by atoms with van der Waals surface area (Å²) in [6, 6.07) is 0. The predicted molar refractivity (Wildman–Crippen MR) is 61.7 cm³/mol. The van der Waals surface area contributed by atoms with Gasteiger partial charge in [-0.3, -0.25) is 4.79 Å². The molecule has 1 fully saturated rings. The van der Waals surface area contributed by atoms with Crippen LogP contribution in [0.3, 0.4) is 0 Å². The van der Waals surface area contributed by atoms with Gasteiger partial charge in [-0.25, -0.2) is 0 Å². The zero-order chi connectivity index (χ0) is 11.3. The third-order valence-electron chi connectivity index (χ3n) is 3.55. The van der Waals surface area contributed by atoms with E-state index in [2.05, 4.69) is 6.92 Å². The first kappa shape index (κ1) is 12.5. The van der Waals surface area contributed by atoms with Crippen LogP contribution in [0.2, 0.25) is 0 Å². The molecule has 2 heteroatoms. The number of rotatable bonds is 5. The summed E-state index contributed by atoms with van der Waals surface area (Å²) in [6.45, 7) is 6.15. The monoisotopic (exact) mass is 212 g/mol. The lowest BCUT2D eigenvalue weighted by atomic mass is 9.95. The smallest absolute Gasteiger partial charge is 0.309 e. The van der Waals surface area contributed by atoms with Gasteiger partial charge >= 0.3 is 5.97 Å².